The van der Waals surface area contributed by atoms with Crippen LogP contribution in [0.5, 0.6) is 0 Å². The van der Waals surface area contributed by atoms with E-state index in [4.69, 9.17) is 8.94 Å². The first-order chi connectivity index (χ1) is 15.7. The van der Waals surface area contributed by atoms with Crippen molar-refractivity contribution in [1.82, 2.24) is 9.46 Å². The smallest absolute Gasteiger partial charge is 0.248 e. The Bertz CT molecular complexity index is 1260. The molecule has 0 radical (unpaired) electrons. The van der Waals surface area contributed by atoms with Gasteiger partial charge in [-0.05, 0) is 81.2 Å². The maximum atomic E-state index is 13.5. The van der Waals surface area contributed by atoms with E-state index in [1.165, 1.54) is 16.6 Å². The zero-order chi connectivity index (χ0) is 23.6. The molecule has 1 aromatic carbocycles. The molecule has 33 heavy (non-hydrogen) atoms. The first-order valence-corrected chi connectivity index (χ1v) is 12.3. The molecule has 9 heteroatoms. The molecule has 1 atom stereocenters. The fourth-order valence-electron chi connectivity index (χ4n) is 4.14. The highest BCUT2D eigenvalue weighted by Crippen LogP contribution is 2.30. The molecule has 1 aliphatic heterocycles. The average molecular weight is 470 g/mol. The van der Waals surface area contributed by atoms with Gasteiger partial charge in [0.1, 0.15) is 11.5 Å². The molecular formula is C24H27N3O5S. The van der Waals surface area contributed by atoms with Crippen molar-refractivity contribution in [2.45, 2.75) is 38.5 Å². The number of aromatic nitrogens is 1. The van der Waals surface area contributed by atoms with E-state index in [0.29, 0.717) is 25.1 Å². The molecule has 0 bridgehead atoms. The highest BCUT2D eigenvalue weighted by molar-refractivity contribution is 7.89. The fourth-order valence-corrected chi connectivity index (χ4v) is 5.91. The number of amides is 1. The highest BCUT2D eigenvalue weighted by atomic mass is 32.2. The van der Waals surface area contributed by atoms with Gasteiger partial charge in [-0.3, -0.25) is 4.79 Å². The molecule has 0 unspecified atom stereocenters. The molecule has 3 aromatic rings. The molecular weight excluding hydrogens is 442 g/mol. The molecule has 0 aliphatic carbocycles. The van der Waals surface area contributed by atoms with Gasteiger partial charge in [0, 0.05) is 18.8 Å². The number of nitrogens with one attached hydrogen (secondary N) is 1. The number of piperidine rings is 1. The highest BCUT2D eigenvalue weighted by Gasteiger charge is 2.37. The van der Waals surface area contributed by atoms with Crippen LogP contribution in [-0.4, -0.2) is 36.9 Å². The minimum Gasteiger partial charge on any atom is -0.465 e. The predicted molar refractivity (Wildman–Crippen MR) is 125 cm³/mol. The van der Waals surface area contributed by atoms with Crippen molar-refractivity contribution in [1.29, 1.82) is 0 Å². The Morgan fingerprint density at radius 1 is 1.18 bits per heavy atom. The molecule has 2 aromatic heterocycles. The second-order valence-corrected chi connectivity index (χ2v) is 10.3. The van der Waals surface area contributed by atoms with E-state index in [0.717, 1.165) is 16.8 Å². The Labute approximate surface area is 193 Å². The number of benzene rings is 1. The standard InChI is InChI=1S/C24H27N3O5S/c1-16-12-17(2)14-20(13-16)25-24(28)19-6-4-10-27(15-19)33(29,30)23-18(3)26-32-22(23)9-8-21-7-5-11-31-21/h5,7-9,11-14,19H,4,6,10,15H2,1-3H3,(H,25,28)/b9-8+/t19-/m1/s1. The number of aryl methyl sites for hydroxylation is 3. The number of carbonyl (C=O) groups is 1. The fraction of sp³-hybridized carbons (Fsp3) is 0.333. The lowest BCUT2D eigenvalue weighted by atomic mass is 9.98. The van der Waals surface area contributed by atoms with Crippen LogP contribution in [0.15, 0.2) is 50.4 Å². The van der Waals surface area contributed by atoms with Crippen LogP contribution in [0, 0.1) is 26.7 Å². The number of sulfonamides is 1. The molecule has 1 aliphatic rings. The number of carbonyl (C=O) groups excluding carboxylic acids is 1. The van der Waals surface area contributed by atoms with Crippen LogP contribution in [0.25, 0.3) is 12.2 Å². The average Bonchev–Trinajstić information content (AvgIpc) is 3.41. The predicted octanol–water partition coefficient (Wildman–Crippen LogP) is 4.40. The van der Waals surface area contributed by atoms with E-state index in [9.17, 15) is 13.2 Å². The van der Waals surface area contributed by atoms with Crippen LogP contribution in [0.1, 0.15) is 41.2 Å². The number of anilines is 1. The normalized spacial score (nSPS) is 17.5. The van der Waals surface area contributed by atoms with Crippen LogP contribution in [0.2, 0.25) is 0 Å². The van der Waals surface area contributed by atoms with Gasteiger partial charge in [-0.1, -0.05) is 11.2 Å². The van der Waals surface area contributed by atoms with E-state index in [-0.39, 0.29) is 28.8 Å². The summed E-state index contributed by atoms with van der Waals surface area (Å²) in [7, 11) is -3.91. The molecule has 4 rings (SSSR count). The number of hydrogen-bond acceptors (Lipinski definition) is 6. The Hall–Kier alpha value is -3.17. The number of furan rings is 1. The summed E-state index contributed by atoms with van der Waals surface area (Å²) in [6, 6.07) is 9.32. The van der Waals surface area contributed by atoms with Gasteiger partial charge in [-0.25, -0.2) is 8.42 Å². The first kappa shape index (κ1) is 23.0. The van der Waals surface area contributed by atoms with Crippen molar-refractivity contribution in [3.8, 4) is 0 Å². The maximum absolute atomic E-state index is 13.5. The van der Waals surface area contributed by atoms with E-state index >= 15 is 0 Å². The van der Waals surface area contributed by atoms with Crippen molar-refractivity contribution < 1.29 is 22.2 Å². The zero-order valence-corrected chi connectivity index (χ0v) is 19.7. The Morgan fingerprint density at radius 2 is 1.94 bits per heavy atom. The lowest BCUT2D eigenvalue weighted by Crippen LogP contribution is -2.43. The second kappa shape index (κ2) is 9.36. The quantitative estimate of drug-likeness (QED) is 0.574. The summed E-state index contributed by atoms with van der Waals surface area (Å²) < 4.78 is 38.9. The number of rotatable bonds is 6. The van der Waals surface area contributed by atoms with Crippen molar-refractivity contribution >= 4 is 33.8 Å². The van der Waals surface area contributed by atoms with Gasteiger partial charge in [-0.2, -0.15) is 4.31 Å². The van der Waals surface area contributed by atoms with Crippen molar-refractivity contribution in [2.75, 3.05) is 18.4 Å². The summed E-state index contributed by atoms with van der Waals surface area (Å²) in [6.07, 6.45) is 5.89. The van der Waals surface area contributed by atoms with Gasteiger partial charge in [0.2, 0.25) is 15.9 Å². The van der Waals surface area contributed by atoms with Gasteiger partial charge < -0.3 is 14.3 Å². The molecule has 3 heterocycles. The zero-order valence-electron chi connectivity index (χ0n) is 18.9. The van der Waals surface area contributed by atoms with Crippen LogP contribution in [0.4, 0.5) is 5.69 Å². The molecule has 0 saturated carbocycles. The lowest BCUT2D eigenvalue weighted by Gasteiger charge is -2.31. The molecule has 1 saturated heterocycles. The van der Waals surface area contributed by atoms with E-state index in [1.807, 2.05) is 32.0 Å². The Morgan fingerprint density at radius 3 is 2.64 bits per heavy atom. The second-order valence-electron chi connectivity index (χ2n) is 8.38. The van der Waals surface area contributed by atoms with Crippen LogP contribution < -0.4 is 5.32 Å². The minimum absolute atomic E-state index is 0.0145. The summed E-state index contributed by atoms with van der Waals surface area (Å²) in [5.41, 5.74) is 3.10. The topological polar surface area (TPSA) is 106 Å². The Balaban J connectivity index is 1.53. The molecule has 1 N–H and O–H groups in total. The van der Waals surface area contributed by atoms with Crippen molar-refractivity contribution in [3.63, 3.8) is 0 Å². The third-order valence-corrected chi connectivity index (χ3v) is 7.64. The van der Waals surface area contributed by atoms with Crippen molar-refractivity contribution in [2.24, 2.45) is 5.92 Å². The summed E-state index contributed by atoms with van der Waals surface area (Å²) in [5.74, 6) is 0.0655. The van der Waals surface area contributed by atoms with Gasteiger partial charge in [-0.15, -0.1) is 0 Å². The molecule has 8 nitrogen and oxygen atoms in total. The monoisotopic (exact) mass is 469 g/mol. The summed E-state index contributed by atoms with van der Waals surface area (Å²) in [5, 5.41) is 6.81. The summed E-state index contributed by atoms with van der Waals surface area (Å²) in [6.45, 7) is 5.97. The van der Waals surface area contributed by atoms with Gasteiger partial charge in [0.15, 0.2) is 10.7 Å². The minimum atomic E-state index is -3.91. The van der Waals surface area contributed by atoms with Crippen LogP contribution >= 0.6 is 0 Å². The third kappa shape index (κ3) is 5.09. The summed E-state index contributed by atoms with van der Waals surface area (Å²) in [4.78, 5) is 12.9. The maximum Gasteiger partial charge on any atom is 0.248 e. The van der Waals surface area contributed by atoms with E-state index in [1.54, 1.807) is 25.1 Å². The van der Waals surface area contributed by atoms with Gasteiger partial charge in [0.05, 0.1) is 12.2 Å². The van der Waals surface area contributed by atoms with Crippen molar-refractivity contribution in [3.05, 3.63) is 64.9 Å². The number of nitrogens with zero attached hydrogens (tertiary/aromatic N) is 2. The first-order valence-electron chi connectivity index (χ1n) is 10.8. The van der Waals surface area contributed by atoms with Crippen LogP contribution in [-0.2, 0) is 14.8 Å². The number of hydrogen-bond donors (Lipinski definition) is 1. The molecule has 0 spiro atoms. The molecule has 174 valence electrons. The van der Waals surface area contributed by atoms with Crippen LogP contribution in [0.3, 0.4) is 0 Å². The van der Waals surface area contributed by atoms with E-state index in [2.05, 4.69) is 10.5 Å². The largest absolute Gasteiger partial charge is 0.465 e. The Kier molecular flexibility index (Phi) is 6.53. The third-order valence-electron chi connectivity index (χ3n) is 5.62. The summed E-state index contributed by atoms with van der Waals surface area (Å²) >= 11 is 0. The van der Waals surface area contributed by atoms with E-state index < -0.39 is 15.9 Å². The molecule has 1 amide bonds. The van der Waals surface area contributed by atoms with Gasteiger partial charge in [0.25, 0.3) is 0 Å². The van der Waals surface area contributed by atoms with Gasteiger partial charge >= 0.3 is 0 Å². The SMILES string of the molecule is Cc1cc(C)cc(NC(=O)[C@@H]2CCCN(S(=O)(=O)c3c(C)noc3/C=C/c3ccco3)C2)c1. The lowest BCUT2D eigenvalue weighted by molar-refractivity contribution is -0.120. The molecule has 1 fully saturated rings.